The first-order valence-electron chi connectivity index (χ1n) is 7.00. The third-order valence-corrected chi connectivity index (χ3v) is 5.50. The van der Waals surface area contributed by atoms with Crippen molar-refractivity contribution >= 4 is 10.0 Å². The van der Waals surface area contributed by atoms with Gasteiger partial charge in [-0.2, -0.15) is 0 Å². The first-order valence-corrected chi connectivity index (χ1v) is 8.48. The van der Waals surface area contributed by atoms with Gasteiger partial charge in [0.25, 0.3) is 0 Å². The minimum atomic E-state index is -3.67. The summed E-state index contributed by atoms with van der Waals surface area (Å²) in [6, 6.07) is 2.63. The molecule has 0 saturated heterocycles. The van der Waals surface area contributed by atoms with E-state index in [0.29, 0.717) is 12.5 Å². The van der Waals surface area contributed by atoms with Gasteiger partial charge in [-0.15, -0.1) is 0 Å². The lowest BCUT2D eigenvalue weighted by molar-refractivity contribution is 0.252. The van der Waals surface area contributed by atoms with Crippen LogP contribution < -0.4 is 10.5 Å². The highest BCUT2D eigenvalue weighted by Crippen LogP contribution is 2.26. The van der Waals surface area contributed by atoms with Crippen molar-refractivity contribution in [3.8, 4) is 0 Å². The minimum absolute atomic E-state index is 0.0342. The lowest BCUT2D eigenvalue weighted by Crippen LogP contribution is -2.37. The summed E-state index contributed by atoms with van der Waals surface area (Å²) in [7, 11) is -3.67. The average molecular weight is 316 g/mol. The van der Waals surface area contributed by atoms with Gasteiger partial charge in [-0.3, -0.25) is 0 Å². The zero-order valence-corrected chi connectivity index (χ0v) is 14.1. The van der Waals surface area contributed by atoms with E-state index in [-0.39, 0.29) is 28.0 Å². The molecule has 0 aliphatic heterocycles. The van der Waals surface area contributed by atoms with Gasteiger partial charge in [0.1, 0.15) is 5.82 Å². The van der Waals surface area contributed by atoms with Gasteiger partial charge in [0.05, 0.1) is 4.90 Å². The van der Waals surface area contributed by atoms with Crippen LogP contribution >= 0.6 is 0 Å². The molecular formula is C15H25FN2O2S. The fourth-order valence-electron chi connectivity index (χ4n) is 1.68. The molecule has 0 bridgehead atoms. The molecule has 0 atom stereocenters. The lowest BCUT2D eigenvalue weighted by Gasteiger charge is -2.29. The Morgan fingerprint density at radius 2 is 1.90 bits per heavy atom. The standard InChI is InChI=1S/C15H25FN2O2S/c1-10(2)15(4,5)9-18-21(19,20)13-6-11(3)14(16)12(7-13)8-17/h6-7,10,18H,8-9,17H2,1-5H3. The second-order valence-corrected chi connectivity index (χ2v) is 8.15. The van der Waals surface area contributed by atoms with Gasteiger partial charge in [-0.1, -0.05) is 27.7 Å². The van der Waals surface area contributed by atoms with Gasteiger partial charge >= 0.3 is 0 Å². The Kier molecular flexibility index (Phi) is 5.52. The SMILES string of the molecule is Cc1cc(S(=O)(=O)NCC(C)(C)C(C)C)cc(CN)c1F. The zero-order chi connectivity index (χ0) is 16.4. The topological polar surface area (TPSA) is 72.2 Å². The third-order valence-electron chi connectivity index (χ3n) is 4.11. The summed E-state index contributed by atoms with van der Waals surface area (Å²) in [5.74, 6) is -0.117. The van der Waals surface area contributed by atoms with E-state index >= 15 is 0 Å². The number of nitrogens with two attached hydrogens (primary N) is 1. The van der Waals surface area contributed by atoms with Crippen molar-refractivity contribution in [3.63, 3.8) is 0 Å². The normalized spacial score (nSPS) is 13.0. The van der Waals surface area contributed by atoms with Crippen LogP contribution in [0.3, 0.4) is 0 Å². The molecule has 3 N–H and O–H groups in total. The molecule has 0 aromatic heterocycles. The van der Waals surface area contributed by atoms with Gasteiger partial charge in [0, 0.05) is 18.7 Å². The second kappa shape index (κ2) is 6.42. The van der Waals surface area contributed by atoms with Crippen LogP contribution in [-0.2, 0) is 16.6 Å². The van der Waals surface area contributed by atoms with E-state index in [4.69, 9.17) is 5.73 Å². The van der Waals surface area contributed by atoms with Crippen molar-refractivity contribution in [1.29, 1.82) is 0 Å². The molecule has 0 amide bonds. The Hall–Kier alpha value is -0.980. The molecule has 21 heavy (non-hydrogen) atoms. The Bertz CT molecular complexity index is 610. The third kappa shape index (κ3) is 4.25. The lowest BCUT2D eigenvalue weighted by atomic mass is 9.81. The Labute approximate surface area is 127 Å². The maximum atomic E-state index is 13.8. The first-order chi connectivity index (χ1) is 9.51. The van der Waals surface area contributed by atoms with E-state index in [0.717, 1.165) is 0 Å². The maximum absolute atomic E-state index is 13.8. The summed E-state index contributed by atoms with van der Waals surface area (Å²) < 4.78 is 41.1. The zero-order valence-electron chi connectivity index (χ0n) is 13.3. The van der Waals surface area contributed by atoms with Crippen molar-refractivity contribution in [3.05, 3.63) is 29.1 Å². The van der Waals surface area contributed by atoms with Crippen LogP contribution in [0.5, 0.6) is 0 Å². The predicted octanol–water partition coefficient (Wildman–Crippen LogP) is 2.55. The number of aryl methyl sites for hydroxylation is 1. The van der Waals surface area contributed by atoms with Crippen molar-refractivity contribution < 1.29 is 12.8 Å². The molecular weight excluding hydrogens is 291 g/mol. The Morgan fingerprint density at radius 1 is 1.33 bits per heavy atom. The summed E-state index contributed by atoms with van der Waals surface area (Å²) in [4.78, 5) is 0.0569. The van der Waals surface area contributed by atoms with Gasteiger partial charge in [0.2, 0.25) is 10.0 Å². The molecule has 0 saturated carbocycles. The highest BCUT2D eigenvalue weighted by Gasteiger charge is 2.26. The van der Waals surface area contributed by atoms with E-state index < -0.39 is 15.8 Å². The molecule has 0 aliphatic carbocycles. The summed E-state index contributed by atoms with van der Waals surface area (Å²) in [5, 5.41) is 0. The quantitative estimate of drug-likeness (QED) is 0.847. The number of hydrogen-bond acceptors (Lipinski definition) is 3. The molecule has 0 fully saturated rings. The number of sulfonamides is 1. The number of nitrogens with one attached hydrogen (secondary N) is 1. The molecule has 0 radical (unpaired) electrons. The van der Waals surface area contributed by atoms with E-state index in [9.17, 15) is 12.8 Å². The van der Waals surface area contributed by atoms with Crippen LogP contribution in [0, 0.1) is 24.1 Å². The largest absolute Gasteiger partial charge is 0.326 e. The highest BCUT2D eigenvalue weighted by atomic mass is 32.2. The van der Waals surface area contributed by atoms with Crippen LogP contribution in [0.25, 0.3) is 0 Å². The van der Waals surface area contributed by atoms with Gasteiger partial charge in [-0.05, 0) is 36.0 Å². The van der Waals surface area contributed by atoms with Crippen molar-refractivity contribution in [2.24, 2.45) is 17.1 Å². The minimum Gasteiger partial charge on any atom is -0.326 e. The molecule has 0 spiro atoms. The summed E-state index contributed by atoms with van der Waals surface area (Å²) in [5.41, 5.74) is 5.78. The van der Waals surface area contributed by atoms with Gasteiger partial charge < -0.3 is 5.73 Å². The van der Waals surface area contributed by atoms with E-state index in [1.807, 2.05) is 27.7 Å². The molecule has 120 valence electrons. The number of hydrogen-bond donors (Lipinski definition) is 2. The maximum Gasteiger partial charge on any atom is 0.240 e. The number of benzene rings is 1. The molecule has 0 unspecified atom stereocenters. The van der Waals surface area contributed by atoms with E-state index in [2.05, 4.69) is 4.72 Å². The number of halogens is 1. The van der Waals surface area contributed by atoms with Gasteiger partial charge in [0.15, 0.2) is 0 Å². The summed E-state index contributed by atoms with van der Waals surface area (Å²) >= 11 is 0. The van der Waals surface area contributed by atoms with Crippen LogP contribution in [-0.4, -0.2) is 15.0 Å². The van der Waals surface area contributed by atoms with Crippen LogP contribution in [0.2, 0.25) is 0 Å². The van der Waals surface area contributed by atoms with E-state index in [1.54, 1.807) is 0 Å². The molecule has 0 aliphatic rings. The molecule has 1 aromatic rings. The summed E-state index contributed by atoms with van der Waals surface area (Å²) in [6.07, 6.45) is 0. The highest BCUT2D eigenvalue weighted by molar-refractivity contribution is 7.89. The van der Waals surface area contributed by atoms with Crippen molar-refractivity contribution in [1.82, 2.24) is 4.72 Å². The van der Waals surface area contributed by atoms with E-state index in [1.165, 1.54) is 19.1 Å². The molecule has 0 heterocycles. The monoisotopic (exact) mass is 316 g/mol. The van der Waals surface area contributed by atoms with Crippen LogP contribution in [0.1, 0.15) is 38.8 Å². The average Bonchev–Trinajstić information content (AvgIpc) is 2.39. The fraction of sp³-hybridized carbons (Fsp3) is 0.600. The first kappa shape index (κ1) is 18.1. The summed E-state index contributed by atoms with van der Waals surface area (Å²) in [6.45, 7) is 9.91. The van der Waals surface area contributed by atoms with Crippen molar-refractivity contribution in [2.75, 3.05) is 6.54 Å². The Morgan fingerprint density at radius 3 is 2.38 bits per heavy atom. The molecule has 4 nitrogen and oxygen atoms in total. The predicted molar refractivity (Wildman–Crippen MR) is 82.8 cm³/mol. The number of rotatable bonds is 6. The van der Waals surface area contributed by atoms with Crippen LogP contribution in [0.15, 0.2) is 17.0 Å². The smallest absolute Gasteiger partial charge is 0.240 e. The van der Waals surface area contributed by atoms with Crippen molar-refractivity contribution in [2.45, 2.75) is 46.1 Å². The molecule has 1 rings (SSSR count). The molecule has 1 aromatic carbocycles. The second-order valence-electron chi connectivity index (χ2n) is 6.39. The Balaban J connectivity index is 3.07. The molecule has 6 heteroatoms. The van der Waals surface area contributed by atoms with Gasteiger partial charge in [-0.25, -0.2) is 17.5 Å². The fourth-order valence-corrected chi connectivity index (χ4v) is 3.04. The van der Waals surface area contributed by atoms with Crippen LogP contribution in [0.4, 0.5) is 4.39 Å².